The van der Waals surface area contributed by atoms with E-state index in [9.17, 15) is 18.3 Å². The molecule has 1 aromatic heterocycles. The predicted octanol–water partition coefficient (Wildman–Crippen LogP) is 1.90. The van der Waals surface area contributed by atoms with Crippen molar-refractivity contribution in [2.24, 2.45) is 0 Å². The van der Waals surface area contributed by atoms with Crippen molar-refractivity contribution in [1.29, 1.82) is 0 Å². The Labute approximate surface area is 193 Å². The number of morpholine rings is 1. The highest BCUT2D eigenvalue weighted by Crippen LogP contribution is 2.20. The number of sulfonamides is 1. The van der Waals surface area contributed by atoms with Gasteiger partial charge >= 0.3 is 6.09 Å². The van der Waals surface area contributed by atoms with Gasteiger partial charge in [-0.3, -0.25) is 9.62 Å². The van der Waals surface area contributed by atoms with Crippen LogP contribution in [-0.4, -0.2) is 86.4 Å². The first kappa shape index (κ1) is 23.3. The summed E-state index contributed by atoms with van der Waals surface area (Å²) in [5, 5.41) is 9.20. The summed E-state index contributed by atoms with van der Waals surface area (Å²) in [7, 11) is -3.75. The van der Waals surface area contributed by atoms with Crippen molar-refractivity contribution in [3.63, 3.8) is 0 Å². The molecule has 2 fully saturated rings. The van der Waals surface area contributed by atoms with Crippen molar-refractivity contribution in [3.8, 4) is 0 Å². The maximum absolute atomic E-state index is 12.8. The molecule has 11 heteroatoms. The highest BCUT2D eigenvalue weighted by atomic mass is 32.2. The molecule has 0 saturated carbocycles. The summed E-state index contributed by atoms with van der Waals surface area (Å²) in [6.07, 6.45) is 0.490. The van der Waals surface area contributed by atoms with E-state index in [4.69, 9.17) is 4.74 Å². The maximum Gasteiger partial charge on any atom is 0.407 e. The third-order valence-corrected chi connectivity index (χ3v) is 7.30. The van der Waals surface area contributed by atoms with Crippen molar-refractivity contribution in [3.05, 3.63) is 48.2 Å². The van der Waals surface area contributed by atoms with Gasteiger partial charge in [0.05, 0.1) is 13.2 Å². The monoisotopic (exact) mass is 475 g/mol. The van der Waals surface area contributed by atoms with Crippen molar-refractivity contribution < 1.29 is 23.1 Å². The number of carbonyl (C=O) groups is 1. The summed E-state index contributed by atoms with van der Waals surface area (Å²) >= 11 is 0. The van der Waals surface area contributed by atoms with Crippen LogP contribution >= 0.6 is 0 Å². The Kier molecular flexibility index (Phi) is 7.01. The third kappa shape index (κ3) is 5.73. The van der Waals surface area contributed by atoms with Crippen LogP contribution in [0, 0.1) is 0 Å². The van der Waals surface area contributed by atoms with Crippen LogP contribution in [0.2, 0.25) is 0 Å². The highest BCUT2D eigenvalue weighted by molar-refractivity contribution is 7.92. The quantitative estimate of drug-likeness (QED) is 0.651. The fraction of sp³-hybridized carbons (Fsp3) is 0.455. The zero-order valence-electron chi connectivity index (χ0n) is 18.6. The minimum atomic E-state index is -3.75. The van der Waals surface area contributed by atoms with Gasteiger partial charge in [0.25, 0.3) is 10.0 Å². The third-order valence-electron chi connectivity index (χ3n) is 5.94. The number of benzene rings is 1. The molecule has 2 aliphatic heterocycles. The number of anilines is 2. The van der Waals surface area contributed by atoms with E-state index < -0.39 is 16.1 Å². The van der Waals surface area contributed by atoms with E-state index in [2.05, 4.69) is 19.5 Å². The Morgan fingerprint density at radius 3 is 2.45 bits per heavy atom. The largest absolute Gasteiger partial charge is 0.465 e. The molecule has 0 aliphatic carbocycles. The predicted molar refractivity (Wildman–Crippen MR) is 124 cm³/mol. The summed E-state index contributed by atoms with van der Waals surface area (Å²) in [6.45, 7) is 7.13. The fourth-order valence-electron chi connectivity index (χ4n) is 4.12. The molecule has 178 valence electrons. The van der Waals surface area contributed by atoms with Gasteiger partial charge in [-0.15, -0.1) is 0 Å². The van der Waals surface area contributed by atoms with Crippen LogP contribution in [0.5, 0.6) is 0 Å². The van der Waals surface area contributed by atoms with E-state index in [1.165, 1.54) is 11.1 Å². The average Bonchev–Trinajstić information content (AvgIpc) is 2.81. The number of piperazine rings is 1. The molecule has 1 amide bonds. The molecular weight excluding hydrogens is 446 g/mol. The lowest BCUT2D eigenvalue weighted by atomic mass is 10.1. The van der Waals surface area contributed by atoms with E-state index in [0.29, 0.717) is 45.1 Å². The number of carboxylic acid groups (broad SMARTS) is 1. The second kappa shape index (κ2) is 9.94. The minimum Gasteiger partial charge on any atom is -0.465 e. The molecule has 2 saturated heterocycles. The van der Waals surface area contributed by atoms with Gasteiger partial charge in [-0.1, -0.05) is 12.1 Å². The van der Waals surface area contributed by atoms with Gasteiger partial charge in [-0.25, -0.2) is 18.2 Å². The molecule has 10 nitrogen and oxygen atoms in total. The lowest BCUT2D eigenvalue weighted by molar-refractivity contribution is 0.0711. The number of ether oxygens (including phenoxy) is 1. The number of pyridine rings is 1. The Hall–Kier alpha value is -2.89. The van der Waals surface area contributed by atoms with Gasteiger partial charge < -0.3 is 19.6 Å². The van der Waals surface area contributed by atoms with Gasteiger partial charge in [0.1, 0.15) is 10.7 Å². The number of rotatable bonds is 6. The first-order valence-electron chi connectivity index (χ1n) is 10.9. The van der Waals surface area contributed by atoms with Gasteiger partial charge in [0.2, 0.25) is 0 Å². The molecule has 0 bridgehead atoms. The Morgan fingerprint density at radius 1 is 1.12 bits per heavy atom. The van der Waals surface area contributed by atoms with Crippen LogP contribution in [0.25, 0.3) is 0 Å². The minimum absolute atomic E-state index is 0.0643. The summed E-state index contributed by atoms with van der Waals surface area (Å²) in [5.41, 5.74) is 1.51. The van der Waals surface area contributed by atoms with Gasteiger partial charge in [-0.05, 0) is 36.8 Å². The summed E-state index contributed by atoms with van der Waals surface area (Å²) in [5.74, 6) is 0.736. The van der Waals surface area contributed by atoms with Gasteiger partial charge in [0.15, 0.2) is 0 Å². The highest BCUT2D eigenvalue weighted by Gasteiger charge is 2.27. The molecular formula is C22H29N5O5S. The number of amides is 1. The SMILES string of the molecule is C[C@H]1CN(Cc2ccc(NS(=O)(=O)c3ccc(N4CCOCC4)nc3)cc2)CCN1C(=O)O. The van der Waals surface area contributed by atoms with Crippen LogP contribution in [0.3, 0.4) is 0 Å². The zero-order valence-corrected chi connectivity index (χ0v) is 19.4. The average molecular weight is 476 g/mol. The van der Waals surface area contributed by atoms with Crippen molar-refractivity contribution in [1.82, 2.24) is 14.8 Å². The Balaban J connectivity index is 1.34. The fourth-order valence-corrected chi connectivity index (χ4v) is 5.13. The topological polar surface area (TPSA) is 115 Å². The maximum atomic E-state index is 12.8. The second-order valence-corrected chi connectivity index (χ2v) is 10.00. The number of hydrogen-bond acceptors (Lipinski definition) is 7. The molecule has 0 unspecified atom stereocenters. The summed E-state index contributed by atoms with van der Waals surface area (Å²) < 4.78 is 33.5. The van der Waals surface area contributed by atoms with Crippen LogP contribution in [0.15, 0.2) is 47.5 Å². The molecule has 2 aliphatic rings. The molecule has 4 rings (SSSR count). The number of nitrogens with zero attached hydrogens (tertiary/aromatic N) is 4. The number of nitrogens with one attached hydrogen (secondary N) is 1. The summed E-state index contributed by atoms with van der Waals surface area (Å²) in [6, 6.07) is 10.4. The smallest absolute Gasteiger partial charge is 0.407 e. The molecule has 0 spiro atoms. The van der Waals surface area contributed by atoms with Crippen molar-refractivity contribution in [2.45, 2.75) is 24.4 Å². The molecule has 2 N–H and O–H groups in total. The number of aromatic nitrogens is 1. The van der Waals surface area contributed by atoms with Crippen molar-refractivity contribution >= 4 is 27.6 Å². The van der Waals surface area contributed by atoms with E-state index in [1.54, 1.807) is 24.3 Å². The van der Waals surface area contributed by atoms with Crippen LogP contribution < -0.4 is 9.62 Å². The zero-order chi connectivity index (χ0) is 23.4. The Morgan fingerprint density at radius 2 is 1.85 bits per heavy atom. The first-order chi connectivity index (χ1) is 15.8. The molecule has 1 aromatic carbocycles. The van der Waals surface area contributed by atoms with Crippen LogP contribution in [0.1, 0.15) is 12.5 Å². The van der Waals surface area contributed by atoms with Crippen LogP contribution in [-0.2, 0) is 21.3 Å². The second-order valence-electron chi connectivity index (χ2n) is 8.31. The van der Waals surface area contributed by atoms with E-state index in [1.807, 2.05) is 19.1 Å². The van der Waals surface area contributed by atoms with E-state index in [0.717, 1.165) is 24.5 Å². The molecule has 1 atom stereocenters. The molecule has 3 heterocycles. The lowest BCUT2D eigenvalue weighted by Crippen LogP contribution is -2.53. The summed E-state index contributed by atoms with van der Waals surface area (Å²) in [4.78, 5) is 21.4. The number of hydrogen-bond donors (Lipinski definition) is 2. The van der Waals surface area contributed by atoms with Crippen LogP contribution in [0.4, 0.5) is 16.3 Å². The van der Waals surface area contributed by atoms with Crippen molar-refractivity contribution in [2.75, 3.05) is 55.6 Å². The standard InChI is InChI=1S/C22H29N5O5S/c1-17-15-25(8-9-27(17)22(28)29)16-18-2-4-19(5-3-18)24-33(30,31)20-6-7-21(23-14-20)26-10-12-32-13-11-26/h2-7,14,17,24H,8-13,15-16H2,1H3,(H,28,29)/t17-/m0/s1. The Bertz CT molecular complexity index is 1060. The van der Waals surface area contributed by atoms with E-state index in [-0.39, 0.29) is 10.9 Å². The van der Waals surface area contributed by atoms with Gasteiger partial charge in [0, 0.05) is 57.2 Å². The van der Waals surface area contributed by atoms with Gasteiger partial charge in [-0.2, -0.15) is 0 Å². The first-order valence-corrected chi connectivity index (χ1v) is 12.4. The molecule has 33 heavy (non-hydrogen) atoms. The molecule has 0 radical (unpaired) electrons. The van der Waals surface area contributed by atoms with E-state index >= 15 is 0 Å². The lowest BCUT2D eigenvalue weighted by Gasteiger charge is -2.38. The molecule has 2 aromatic rings. The normalized spacial score (nSPS) is 20.0.